The summed E-state index contributed by atoms with van der Waals surface area (Å²) in [6.07, 6.45) is 0.913. The van der Waals surface area contributed by atoms with E-state index in [1.54, 1.807) is 11.5 Å². The molecule has 56 valence electrons. The first-order chi connectivity index (χ1) is 4.75. The van der Waals surface area contributed by atoms with Crippen LogP contribution >= 0.6 is 11.5 Å². The number of aryl methyl sites for hydroxylation is 1. The summed E-state index contributed by atoms with van der Waals surface area (Å²) in [6.45, 7) is 4.89. The SMILES string of the molecule is Cc1snc(CCN)c1C. The van der Waals surface area contributed by atoms with E-state index in [1.165, 1.54) is 16.1 Å². The smallest absolute Gasteiger partial charge is 0.0586 e. The molecule has 1 rings (SSSR count). The monoisotopic (exact) mass is 156 g/mol. The van der Waals surface area contributed by atoms with Gasteiger partial charge in [-0.05, 0) is 37.5 Å². The minimum Gasteiger partial charge on any atom is -0.330 e. The fourth-order valence-electron chi connectivity index (χ4n) is 0.834. The van der Waals surface area contributed by atoms with Gasteiger partial charge in [0.05, 0.1) is 5.69 Å². The Hall–Kier alpha value is -0.410. The summed E-state index contributed by atoms with van der Waals surface area (Å²) in [5.41, 5.74) is 7.89. The zero-order valence-corrected chi connectivity index (χ0v) is 7.16. The first kappa shape index (κ1) is 7.69. The molecule has 2 N–H and O–H groups in total. The van der Waals surface area contributed by atoms with E-state index >= 15 is 0 Å². The van der Waals surface area contributed by atoms with Crippen molar-refractivity contribution in [3.05, 3.63) is 16.1 Å². The van der Waals surface area contributed by atoms with Gasteiger partial charge in [0, 0.05) is 11.3 Å². The molecule has 1 heterocycles. The van der Waals surface area contributed by atoms with Gasteiger partial charge < -0.3 is 5.73 Å². The molecule has 10 heavy (non-hydrogen) atoms. The van der Waals surface area contributed by atoms with Gasteiger partial charge in [-0.2, -0.15) is 4.37 Å². The van der Waals surface area contributed by atoms with Gasteiger partial charge in [0.25, 0.3) is 0 Å². The van der Waals surface area contributed by atoms with Gasteiger partial charge in [-0.25, -0.2) is 0 Å². The van der Waals surface area contributed by atoms with Crippen LogP contribution in [-0.4, -0.2) is 10.9 Å². The Labute approximate surface area is 65.2 Å². The highest BCUT2D eigenvalue weighted by atomic mass is 32.1. The lowest BCUT2D eigenvalue weighted by Crippen LogP contribution is -2.03. The molecule has 3 heteroatoms. The molecule has 0 saturated heterocycles. The Morgan fingerprint density at radius 2 is 2.20 bits per heavy atom. The summed E-state index contributed by atoms with van der Waals surface area (Å²) in [7, 11) is 0. The van der Waals surface area contributed by atoms with Crippen LogP contribution in [0.25, 0.3) is 0 Å². The lowest BCUT2D eigenvalue weighted by atomic mass is 10.2. The molecule has 1 aromatic rings. The first-order valence-corrected chi connectivity index (χ1v) is 4.15. The average molecular weight is 156 g/mol. The zero-order chi connectivity index (χ0) is 7.56. The maximum absolute atomic E-state index is 5.40. The number of hydrogen-bond donors (Lipinski definition) is 1. The molecule has 0 fully saturated rings. The van der Waals surface area contributed by atoms with Gasteiger partial charge in [-0.15, -0.1) is 0 Å². The Kier molecular flexibility index (Phi) is 2.40. The third-order valence-electron chi connectivity index (χ3n) is 1.63. The maximum Gasteiger partial charge on any atom is 0.0586 e. The third kappa shape index (κ3) is 1.36. The van der Waals surface area contributed by atoms with Crippen LogP contribution < -0.4 is 5.73 Å². The largest absolute Gasteiger partial charge is 0.330 e. The highest BCUT2D eigenvalue weighted by molar-refractivity contribution is 7.05. The van der Waals surface area contributed by atoms with Gasteiger partial charge in [-0.1, -0.05) is 0 Å². The van der Waals surface area contributed by atoms with Crippen LogP contribution in [0.5, 0.6) is 0 Å². The molecule has 0 aliphatic rings. The fraction of sp³-hybridized carbons (Fsp3) is 0.571. The number of hydrogen-bond acceptors (Lipinski definition) is 3. The lowest BCUT2D eigenvalue weighted by molar-refractivity contribution is 0.932. The second-order valence-electron chi connectivity index (χ2n) is 2.35. The molecule has 0 aromatic carbocycles. The van der Waals surface area contributed by atoms with Gasteiger partial charge in [0.15, 0.2) is 0 Å². The number of rotatable bonds is 2. The van der Waals surface area contributed by atoms with Crippen molar-refractivity contribution in [2.75, 3.05) is 6.54 Å². The van der Waals surface area contributed by atoms with Crippen LogP contribution in [0.15, 0.2) is 0 Å². The molecular weight excluding hydrogens is 144 g/mol. The van der Waals surface area contributed by atoms with Crippen molar-refractivity contribution in [3.8, 4) is 0 Å². The van der Waals surface area contributed by atoms with Crippen LogP contribution in [0, 0.1) is 13.8 Å². The van der Waals surface area contributed by atoms with Gasteiger partial charge in [-0.3, -0.25) is 0 Å². The molecule has 0 radical (unpaired) electrons. The molecule has 0 aliphatic carbocycles. The van der Waals surface area contributed by atoms with Crippen molar-refractivity contribution >= 4 is 11.5 Å². The molecule has 0 unspecified atom stereocenters. The molecule has 0 spiro atoms. The predicted octanol–water partition coefficient (Wildman–Crippen LogP) is 1.26. The summed E-state index contributed by atoms with van der Waals surface area (Å²) >= 11 is 1.57. The Morgan fingerprint density at radius 1 is 1.50 bits per heavy atom. The molecule has 0 amide bonds. The van der Waals surface area contributed by atoms with Crippen LogP contribution in [0.4, 0.5) is 0 Å². The van der Waals surface area contributed by atoms with Gasteiger partial charge >= 0.3 is 0 Å². The third-order valence-corrected chi connectivity index (χ3v) is 2.53. The van der Waals surface area contributed by atoms with Gasteiger partial charge in [0.1, 0.15) is 0 Å². The van der Waals surface area contributed by atoms with Crippen molar-refractivity contribution in [1.82, 2.24) is 4.37 Å². The number of nitrogens with two attached hydrogens (primary N) is 1. The summed E-state index contributed by atoms with van der Waals surface area (Å²) in [5, 5.41) is 0. The van der Waals surface area contributed by atoms with E-state index in [0.29, 0.717) is 6.54 Å². The highest BCUT2D eigenvalue weighted by Crippen LogP contribution is 2.15. The quantitative estimate of drug-likeness (QED) is 0.700. The maximum atomic E-state index is 5.40. The van der Waals surface area contributed by atoms with Crippen LogP contribution in [0.1, 0.15) is 16.1 Å². The highest BCUT2D eigenvalue weighted by Gasteiger charge is 2.03. The molecular formula is C7H12N2S. The second-order valence-corrected chi connectivity index (χ2v) is 3.33. The van der Waals surface area contributed by atoms with E-state index in [-0.39, 0.29) is 0 Å². The summed E-state index contributed by atoms with van der Waals surface area (Å²) in [5.74, 6) is 0. The summed E-state index contributed by atoms with van der Waals surface area (Å²) < 4.78 is 4.27. The Morgan fingerprint density at radius 3 is 2.60 bits per heavy atom. The van der Waals surface area contributed by atoms with E-state index in [1.807, 2.05) is 0 Å². The average Bonchev–Trinajstić information content (AvgIpc) is 2.20. The molecule has 0 aliphatic heterocycles. The van der Waals surface area contributed by atoms with Crippen LogP contribution in [-0.2, 0) is 6.42 Å². The van der Waals surface area contributed by atoms with Crippen molar-refractivity contribution in [2.24, 2.45) is 5.73 Å². The van der Waals surface area contributed by atoms with E-state index in [4.69, 9.17) is 5.73 Å². The second kappa shape index (κ2) is 3.12. The normalized spacial score (nSPS) is 10.3. The Balaban J connectivity index is 2.83. The topological polar surface area (TPSA) is 38.9 Å². The molecule has 1 aromatic heterocycles. The standard InChI is InChI=1S/C7H12N2S/c1-5-6(2)10-9-7(5)3-4-8/h3-4,8H2,1-2H3. The minimum absolute atomic E-state index is 0.698. The van der Waals surface area contributed by atoms with E-state index in [0.717, 1.165) is 6.42 Å². The number of aromatic nitrogens is 1. The van der Waals surface area contributed by atoms with Crippen LogP contribution in [0.2, 0.25) is 0 Å². The Bertz CT molecular complexity index is 217. The first-order valence-electron chi connectivity index (χ1n) is 3.37. The van der Waals surface area contributed by atoms with E-state index in [2.05, 4.69) is 18.2 Å². The minimum atomic E-state index is 0.698. The van der Waals surface area contributed by atoms with E-state index in [9.17, 15) is 0 Å². The molecule has 0 bridgehead atoms. The molecule has 2 nitrogen and oxygen atoms in total. The lowest BCUT2D eigenvalue weighted by Gasteiger charge is -1.92. The van der Waals surface area contributed by atoms with Crippen molar-refractivity contribution in [1.29, 1.82) is 0 Å². The number of nitrogens with zero attached hydrogens (tertiary/aromatic N) is 1. The van der Waals surface area contributed by atoms with Crippen LogP contribution in [0.3, 0.4) is 0 Å². The van der Waals surface area contributed by atoms with E-state index < -0.39 is 0 Å². The van der Waals surface area contributed by atoms with Crippen molar-refractivity contribution < 1.29 is 0 Å². The summed E-state index contributed by atoms with van der Waals surface area (Å²) in [4.78, 5) is 1.31. The summed E-state index contributed by atoms with van der Waals surface area (Å²) in [6, 6.07) is 0. The zero-order valence-electron chi connectivity index (χ0n) is 6.35. The predicted molar refractivity (Wildman–Crippen MR) is 44.3 cm³/mol. The fourth-order valence-corrected chi connectivity index (χ4v) is 1.56. The van der Waals surface area contributed by atoms with Gasteiger partial charge in [0.2, 0.25) is 0 Å². The van der Waals surface area contributed by atoms with Crippen molar-refractivity contribution in [3.63, 3.8) is 0 Å². The molecule has 0 atom stereocenters. The molecule has 0 saturated carbocycles. The van der Waals surface area contributed by atoms with Crippen molar-refractivity contribution in [2.45, 2.75) is 20.3 Å².